The first-order chi connectivity index (χ1) is 23.1. The number of ether oxygens (including phenoxy) is 1. The Hall–Kier alpha value is -3.73. The van der Waals surface area contributed by atoms with Crippen LogP contribution in [0.15, 0.2) is 71.6 Å². The van der Waals surface area contributed by atoms with Crippen LogP contribution in [0.3, 0.4) is 0 Å². The Morgan fingerprint density at radius 3 is 1.82 bits per heavy atom. The number of carbonyl (C=O) groups is 1. The summed E-state index contributed by atoms with van der Waals surface area (Å²) in [6.07, 6.45) is -14.7. The van der Waals surface area contributed by atoms with E-state index in [1.165, 1.54) is 0 Å². The Bertz CT molecular complexity index is 1780. The van der Waals surface area contributed by atoms with Gasteiger partial charge in [-0.25, -0.2) is 30.4 Å². The van der Waals surface area contributed by atoms with Gasteiger partial charge in [0.1, 0.15) is 22.2 Å². The molecule has 2 saturated carbocycles. The van der Waals surface area contributed by atoms with Crippen LogP contribution in [0.25, 0.3) is 0 Å². The second kappa shape index (κ2) is 13.1. The van der Waals surface area contributed by atoms with Gasteiger partial charge in [-0.3, -0.25) is 4.79 Å². The summed E-state index contributed by atoms with van der Waals surface area (Å²) in [4.78, 5) is 12.4. The van der Waals surface area contributed by atoms with Crippen LogP contribution < -0.4 is 5.32 Å². The van der Waals surface area contributed by atoms with Crippen LogP contribution in [-0.2, 0) is 36.3 Å². The summed E-state index contributed by atoms with van der Waals surface area (Å²) in [5, 5.41) is 2.60. The Morgan fingerprint density at radius 1 is 0.800 bits per heavy atom. The molecule has 2 aliphatic carbocycles. The lowest BCUT2D eigenvalue weighted by Crippen LogP contribution is -2.58. The maximum absolute atomic E-state index is 14.4. The second-order valence-electron chi connectivity index (χ2n) is 12.4. The Balaban J connectivity index is 1.51. The van der Waals surface area contributed by atoms with E-state index in [0.29, 0.717) is 36.4 Å². The molecule has 3 aromatic rings. The fraction of sp³-hybridized carbons (Fsp3) is 0.424. The van der Waals surface area contributed by atoms with E-state index in [-0.39, 0.29) is 18.4 Å². The summed E-state index contributed by atoms with van der Waals surface area (Å²) >= 11 is 0. The number of hydrogen-bond acceptors (Lipinski definition) is 4. The number of nitrogens with one attached hydrogen (secondary N) is 1. The quantitative estimate of drug-likeness (QED) is 0.177. The predicted molar refractivity (Wildman–Crippen MR) is 155 cm³/mol. The van der Waals surface area contributed by atoms with E-state index in [2.05, 4.69) is 10.1 Å². The van der Waals surface area contributed by atoms with Crippen molar-refractivity contribution in [3.63, 3.8) is 0 Å². The number of benzene rings is 3. The van der Waals surface area contributed by atoms with E-state index in [1.807, 2.05) is 0 Å². The SMILES string of the molecule is O=C(NC1CC(c2ccc(C(OCc3c(F)cccc3F)(C(F)(F)F)C(F)(F)F)cc2)(S(=O)(=O)c2ccc(F)cc2)C1)C1CCC(F)(F)CC1. The largest absolute Gasteiger partial charge is 0.430 e. The van der Waals surface area contributed by atoms with Crippen LogP contribution in [0, 0.1) is 23.4 Å². The van der Waals surface area contributed by atoms with Crippen LogP contribution in [0.1, 0.15) is 55.2 Å². The zero-order valence-electron chi connectivity index (χ0n) is 25.7. The smallest absolute Gasteiger partial charge is 0.353 e. The number of hydrogen-bond donors (Lipinski definition) is 1. The minimum atomic E-state index is -6.25. The van der Waals surface area contributed by atoms with E-state index in [0.717, 1.165) is 30.3 Å². The van der Waals surface area contributed by atoms with Crippen LogP contribution in [-0.4, -0.2) is 38.6 Å². The van der Waals surface area contributed by atoms with Gasteiger partial charge in [0.25, 0.3) is 5.60 Å². The molecule has 0 aromatic heterocycles. The molecule has 0 saturated heterocycles. The molecule has 5 nitrogen and oxygen atoms in total. The summed E-state index contributed by atoms with van der Waals surface area (Å²) in [5.74, 6) is -8.04. The van der Waals surface area contributed by atoms with Gasteiger partial charge in [-0.05, 0) is 67.6 Å². The highest BCUT2D eigenvalue weighted by molar-refractivity contribution is 7.92. The van der Waals surface area contributed by atoms with Crippen molar-refractivity contribution in [1.82, 2.24) is 5.32 Å². The minimum absolute atomic E-state index is 0.127. The maximum atomic E-state index is 14.4. The van der Waals surface area contributed by atoms with Crippen molar-refractivity contribution in [3.8, 4) is 0 Å². The van der Waals surface area contributed by atoms with Gasteiger partial charge >= 0.3 is 12.4 Å². The van der Waals surface area contributed by atoms with E-state index in [9.17, 15) is 61.5 Å². The van der Waals surface area contributed by atoms with Crippen molar-refractivity contribution in [2.24, 2.45) is 5.92 Å². The Kier molecular flexibility index (Phi) is 9.84. The Morgan fingerprint density at radius 2 is 1.32 bits per heavy atom. The molecule has 272 valence electrons. The lowest BCUT2D eigenvalue weighted by Gasteiger charge is -2.48. The fourth-order valence-electron chi connectivity index (χ4n) is 6.50. The third-order valence-electron chi connectivity index (χ3n) is 9.34. The van der Waals surface area contributed by atoms with Crippen molar-refractivity contribution in [3.05, 3.63) is 101 Å². The maximum Gasteiger partial charge on any atom is 0.430 e. The molecule has 1 N–H and O–H groups in total. The molecular formula is C33H28F11NO4S. The van der Waals surface area contributed by atoms with E-state index in [4.69, 9.17) is 0 Å². The summed E-state index contributed by atoms with van der Waals surface area (Å²) in [6.45, 7) is -1.79. The van der Waals surface area contributed by atoms with Crippen molar-refractivity contribution in [2.45, 2.75) is 84.7 Å². The minimum Gasteiger partial charge on any atom is -0.353 e. The summed E-state index contributed by atoms with van der Waals surface area (Å²) < 4.78 is 186. The molecule has 5 rings (SSSR count). The van der Waals surface area contributed by atoms with Gasteiger partial charge in [0.15, 0.2) is 9.84 Å². The molecule has 2 aliphatic rings. The molecule has 3 aromatic carbocycles. The highest BCUT2D eigenvalue weighted by Crippen LogP contribution is 2.55. The molecule has 0 spiro atoms. The van der Waals surface area contributed by atoms with Gasteiger partial charge in [-0.15, -0.1) is 0 Å². The lowest BCUT2D eigenvalue weighted by molar-refractivity contribution is -0.392. The van der Waals surface area contributed by atoms with Crippen LogP contribution in [0.4, 0.5) is 48.3 Å². The Labute approximate surface area is 278 Å². The number of amides is 1. The molecule has 50 heavy (non-hydrogen) atoms. The van der Waals surface area contributed by atoms with Gasteiger partial charge in [0.05, 0.1) is 11.5 Å². The normalized spacial score (nSPS) is 21.8. The van der Waals surface area contributed by atoms with E-state index >= 15 is 0 Å². The van der Waals surface area contributed by atoms with Crippen molar-refractivity contribution in [2.75, 3.05) is 0 Å². The lowest BCUT2D eigenvalue weighted by atomic mass is 9.73. The van der Waals surface area contributed by atoms with Gasteiger partial charge in [-0.1, -0.05) is 30.3 Å². The van der Waals surface area contributed by atoms with E-state index in [1.54, 1.807) is 0 Å². The number of halogens is 11. The van der Waals surface area contributed by atoms with Gasteiger partial charge in [-0.2, -0.15) is 26.3 Å². The number of alkyl halides is 8. The van der Waals surface area contributed by atoms with Crippen molar-refractivity contribution in [1.29, 1.82) is 0 Å². The molecule has 0 aliphatic heterocycles. The predicted octanol–water partition coefficient (Wildman–Crippen LogP) is 8.41. The van der Waals surface area contributed by atoms with E-state index < -0.39 is 122 Å². The first-order valence-electron chi connectivity index (χ1n) is 15.1. The topological polar surface area (TPSA) is 72.5 Å². The van der Waals surface area contributed by atoms with Crippen molar-refractivity contribution >= 4 is 15.7 Å². The first kappa shape index (κ1) is 37.5. The van der Waals surface area contributed by atoms with Crippen molar-refractivity contribution < 1.29 is 66.2 Å². The summed E-state index contributed by atoms with van der Waals surface area (Å²) in [7, 11) is -4.58. The van der Waals surface area contributed by atoms with Crippen LogP contribution >= 0.6 is 0 Å². The highest BCUT2D eigenvalue weighted by Gasteiger charge is 2.73. The summed E-state index contributed by atoms with van der Waals surface area (Å²) in [6, 6.07) is 6.77. The molecular weight excluding hydrogens is 715 g/mol. The first-order valence-corrected chi connectivity index (χ1v) is 16.6. The standard InChI is InChI=1S/C33H28F11NO4S/c34-22-8-10-24(11-9-22)50(47,48)29(16-23(17-29)45-28(46)19-12-14-30(37,38)15-13-19)20-4-6-21(7-5-20)31(32(39,40)41,33(42,43)44)49-18-25-26(35)2-1-3-27(25)36/h1-11,19,23H,12-18H2,(H,45,46). The molecule has 1 amide bonds. The molecule has 0 heterocycles. The van der Waals surface area contributed by atoms with Crippen LogP contribution in [0.2, 0.25) is 0 Å². The number of rotatable bonds is 9. The molecule has 0 atom stereocenters. The third-order valence-corrected chi connectivity index (χ3v) is 11.8. The van der Waals surface area contributed by atoms with Gasteiger partial charge in [0.2, 0.25) is 11.8 Å². The average Bonchev–Trinajstić information content (AvgIpc) is 2.99. The zero-order valence-corrected chi connectivity index (χ0v) is 26.5. The number of carbonyl (C=O) groups excluding carboxylic acids is 1. The summed E-state index contributed by atoms with van der Waals surface area (Å²) in [5.41, 5.74) is -8.18. The highest BCUT2D eigenvalue weighted by atomic mass is 32.2. The van der Waals surface area contributed by atoms with Gasteiger partial charge < -0.3 is 10.1 Å². The monoisotopic (exact) mass is 743 g/mol. The number of sulfone groups is 1. The molecule has 0 unspecified atom stereocenters. The molecule has 17 heteroatoms. The average molecular weight is 744 g/mol. The second-order valence-corrected chi connectivity index (χ2v) is 14.7. The molecule has 0 bridgehead atoms. The zero-order chi connectivity index (χ0) is 36.9. The fourth-order valence-corrected chi connectivity index (χ4v) is 8.74. The molecule has 0 radical (unpaired) electrons. The van der Waals surface area contributed by atoms with Crippen LogP contribution in [0.5, 0.6) is 0 Å². The van der Waals surface area contributed by atoms with Gasteiger partial charge in [0, 0.05) is 35.9 Å². The molecule has 2 fully saturated rings. The third kappa shape index (κ3) is 6.69.